The summed E-state index contributed by atoms with van der Waals surface area (Å²) in [4.78, 5) is 0.907. The third-order valence-corrected chi connectivity index (χ3v) is 3.33. The summed E-state index contributed by atoms with van der Waals surface area (Å²) >= 11 is -0.901. The van der Waals surface area contributed by atoms with Crippen LogP contribution in [0.3, 0.4) is 0 Å². The summed E-state index contributed by atoms with van der Waals surface area (Å²) in [6.07, 6.45) is 0. The van der Waals surface area contributed by atoms with Gasteiger partial charge in [-0.15, -0.1) is 0 Å². The van der Waals surface area contributed by atoms with Crippen molar-refractivity contribution in [3.8, 4) is 0 Å². The zero-order valence-electron chi connectivity index (χ0n) is 7.70. The Labute approximate surface area is 77.0 Å². The Kier molecular flexibility index (Phi) is 2.80. The highest BCUT2D eigenvalue weighted by molar-refractivity contribution is 7.92. The molecule has 1 nitrogen and oxygen atoms in total. The van der Waals surface area contributed by atoms with Gasteiger partial charge in [-0.1, -0.05) is 18.2 Å². The van der Waals surface area contributed by atoms with Crippen LogP contribution < -0.4 is 0 Å². The summed E-state index contributed by atoms with van der Waals surface area (Å²) in [5.41, 5.74) is 0. The zero-order chi connectivity index (χ0) is 9.19. The van der Waals surface area contributed by atoms with Gasteiger partial charge in [0.1, 0.15) is 4.75 Å². The summed E-state index contributed by atoms with van der Waals surface area (Å²) in [5, 5.41) is 0. The van der Waals surface area contributed by atoms with Crippen LogP contribution in [0, 0.1) is 0 Å². The molecule has 1 aromatic carbocycles. The highest BCUT2D eigenvalue weighted by Gasteiger charge is 2.27. The minimum absolute atomic E-state index is 0.165. The SMILES string of the molecule is CC(C)(C)[S@+]([O-])c1ccccc1. The first kappa shape index (κ1) is 9.62. The van der Waals surface area contributed by atoms with Gasteiger partial charge in [0.25, 0.3) is 0 Å². The Morgan fingerprint density at radius 2 is 1.58 bits per heavy atom. The molecule has 0 amide bonds. The summed E-state index contributed by atoms with van der Waals surface area (Å²) in [7, 11) is 0. The number of rotatable bonds is 1. The van der Waals surface area contributed by atoms with Gasteiger partial charge in [0.15, 0.2) is 4.90 Å². The lowest BCUT2D eigenvalue weighted by Gasteiger charge is -2.23. The van der Waals surface area contributed by atoms with Crippen LogP contribution in [-0.4, -0.2) is 9.30 Å². The largest absolute Gasteiger partial charge is 0.611 e. The topological polar surface area (TPSA) is 23.1 Å². The van der Waals surface area contributed by atoms with Gasteiger partial charge in [-0.2, -0.15) is 0 Å². The quantitative estimate of drug-likeness (QED) is 0.612. The van der Waals surface area contributed by atoms with Crippen LogP contribution in [0.4, 0.5) is 0 Å². The maximum atomic E-state index is 11.8. The molecule has 0 fully saturated rings. The first-order valence-electron chi connectivity index (χ1n) is 3.99. The Hall–Kier alpha value is -0.470. The van der Waals surface area contributed by atoms with E-state index in [1.165, 1.54) is 0 Å². The van der Waals surface area contributed by atoms with E-state index in [4.69, 9.17) is 0 Å². The van der Waals surface area contributed by atoms with Gasteiger partial charge in [0.05, 0.1) is 0 Å². The molecule has 0 heterocycles. The van der Waals surface area contributed by atoms with Gasteiger partial charge < -0.3 is 4.55 Å². The zero-order valence-corrected chi connectivity index (χ0v) is 8.52. The molecule has 0 spiro atoms. The molecular weight excluding hydrogens is 168 g/mol. The third kappa shape index (κ3) is 2.26. The highest BCUT2D eigenvalue weighted by atomic mass is 32.2. The van der Waals surface area contributed by atoms with Crippen LogP contribution in [0.2, 0.25) is 0 Å². The predicted octanol–water partition coefficient (Wildman–Crippen LogP) is 2.59. The lowest BCUT2D eigenvalue weighted by Crippen LogP contribution is -2.27. The number of hydrogen-bond donors (Lipinski definition) is 0. The van der Waals surface area contributed by atoms with Crippen molar-refractivity contribution in [1.82, 2.24) is 0 Å². The Balaban J connectivity index is 2.86. The second kappa shape index (κ2) is 3.50. The third-order valence-electron chi connectivity index (χ3n) is 1.51. The maximum Gasteiger partial charge on any atom is 0.153 e. The van der Waals surface area contributed by atoms with Gasteiger partial charge in [0.2, 0.25) is 0 Å². The van der Waals surface area contributed by atoms with Gasteiger partial charge in [-0.25, -0.2) is 0 Å². The summed E-state index contributed by atoms with van der Waals surface area (Å²) in [6, 6.07) is 9.57. The molecule has 0 aliphatic rings. The fourth-order valence-corrected chi connectivity index (χ4v) is 2.01. The Bertz CT molecular complexity index is 238. The molecule has 0 N–H and O–H groups in total. The van der Waals surface area contributed by atoms with Crippen molar-refractivity contribution in [3.05, 3.63) is 30.3 Å². The smallest absolute Gasteiger partial charge is 0.153 e. The molecule has 0 aliphatic carbocycles. The van der Waals surface area contributed by atoms with Gasteiger partial charge in [-0.05, 0) is 44.1 Å². The second-order valence-corrected chi connectivity index (χ2v) is 5.93. The number of hydrogen-bond acceptors (Lipinski definition) is 1. The summed E-state index contributed by atoms with van der Waals surface area (Å²) in [6.45, 7) is 5.95. The van der Waals surface area contributed by atoms with E-state index < -0.39 is 11.2 Å². The Morgan fingerprint density at radius 3 is 2.00 bits per heavy atom. The minimum atomic E-state index is -0.901. The molecule has 0 aliphatic heterocycles. The van der Waals surface area contributed by atoms with Gasteiger partial charge in [-0.3, -0.25) is 0 Å². The lowest BCUT2D eigenvalue weighted by molar-refractivity contribution is 0.559. The first-order valence-corrected chi connectivity index (χ1v) is 5.14. The standard InChI is InChI=1S/C10H14OS/c1-10(2,3)12(11)9-7-5-4-6-8-9/h4-8H,1-3H3/t12-/m1/s1. The predicted molar refractivity (Wildman–Crippen MR) is 52.6 cm³/mol. The molecule has 0 radical (unpaired) electrons. The molecule has 0 saturated carbocycles. The molecule has 0 saturated heterocycles. The first-order chi connectivity index (χ1) is 5.52. The van der Waals surface area contributed by atoms with E-state index in [0.717, 1.165) is 4.90 Å². The maximum absolute atomic E-state index is 11.8. The fourth-order valence-electron chi connectivity index (χ4n) is 0.898. The lowest BCUT2D eigenvalue weighted by atomic mass is 10.3. The molecule has 12 heavy (non-hydrogen) atoms. The van der Waals surface area contributed by atoms with Crippen LogP contribution in [0.15, 0.2) is 35.2 Å². The van der Waals surface area contributed by atoms with Crippen LogP contribution in [0.25, 0.3) is 0 Å². The van der Waals surface area contributed by atoms with Crippen molar-refractivity contribution in [2.24, 2.45) is 0 Å². The molecule has 0 unspecified atom stereocenters. The van der Waals surface area contributed by atoms with E-state index >= 15 is 0 Å². The van der Waals surface area contributed by atoms with Gasteiger partial charge >= 0.3 is 0 Å². The molecule has 0 bridgehead atoms. The molecule has 1 atom stereocenters. The van der Waals surface area contributed by atoms with E-state index in [2.05, 4.69) is 0 Å². The van der Waals surface area contributed by atoms with Crippen molar-refractivity contribution in [1.29, 1.82) is 0 Å². The van der Waals surface area contributed by atoms with Crippen molar-refractivity contribution in [2.75, 3.05) is 0 Å². The van der Waals surface area contributed by atoms with Crippen molar-refractivity contribution < 1.29 is 4.55 Å². The average Bonchev–Trinajstić information content (AvgIpc) is 2.03. The highest BCUT2D eigenvalue weighted by Crippen LogP contribution is 2.23. The van der Waals surface area contributed by atoms with E-state index in [9.17, 15) is 4.55 Å². The van der Waals surface area contributed by atoms with E-state index in [0.29, 0.717) is 0 Å². The monoisotopic (exact) mass is 182 g/mol. The molecule has 0 aromatic heterocycles. The van der Waals surface area contributed by atoms with Gasteiger partial charge in [0, 0.05) is 0 Å². The number of benzene rings is 1. The van der Waals surface area contributed by atoms with Crippen molar-refractivity contribution in [3.63, 3.8) is 0 Å². The molecule has 66 valence electrons. The summed E-state index contributed by atoms with van der Waals surface area (Å²) < 4.78 is 11.6. The van der Waals surface area contributed by atoms with Crippen LogP contribution in [-0.2, 0) is 11.2 Å². The minimum Gasteiger partial charge on any atom is -0.611 e. The van der Waals surface area contributed by atoms with Crippen LogP contribution in [0.5, 0.6) is 0 Å². The molecule has 2 heteroatoms. The second-order valence-electron chi connectivity index (χ2n) is 3.69. The average molecular weight is 182 g/mol. The van der Waals surface area contributed by atoms with Crippen LogP contribution in [0.1, 0.15) is 20.8 Å². The van der Waals surface area contributed by atoms with E-state index in [-0.39, 0.29) is 4.75 Å². The molecule has 1 rings (SSSR count). The van der Waals surface area contributed by atoms with Crippen molar-refractivity contribution >= 4 is 11.2 Å². The van der Waals surface area contributed by atoms with E-state index in [1.807, 2.05) is 51.1 Å². The normalized spacial score (nSPS) is 14.3. The van der Waals surface area contributed by atoms with Crippen molar-refractivity contribution in [2.45, 2.75) is 30.4 Å². The molecule has 1 aromatic rings. The van der Waals surface area contributed by atoms with Crippen LogP contribution >= 0.6 is 0 Å². The fraction of sp³-hybridized carbons (Fsp3) is 0.400. The molecular formula is C10H14OS. The summed E-state index contributed by atoms with van der Waals surface area (Å²) in [5.74, 6) is 0. The van der Waals surface area contributed by atoms with E-state index in [1.54, 1.807) is 0 Å². The Morgan fingerprint density at radius 1 is 1.08 bits per heavy atom.